The van der Waals surface area contributed by atoms with Gasteiger partial charge in [-0.25, -0.2) is 9.13 Å². The lowest BCUT2D eigenvalue weighted by Gasteiger charge is -2.21. The average Bonchev–Trinajstić information content (AvgIpc) is 1.13. The molecule has 0 radical (unpaired) electrons. The Kier molecular flexibility index (Phi) is 67.0. The van der Waals surface area contributed by atoms with Gasteiger partial charge in [0.25, 0.3) is 0 Å². The Labute approximate surface area is 583 Å². The molecule has 0 rings (SSSR count). The first-order valence-electron chi connectivity index (χ1n) is 37.8. The molecule has 96 heavy (non-hydrogen) atoms. The smallest absolute Gasteiger partial charge is 0.462 e. The summed E-state index contributed by atoms with van der Waals surface area (Å²) in [6.45, 7) is 4.64. The second-order valence-electron chi connectivity index (χ2n) is 25.2. The summed E-state index contributed by atoms with van der Waals surface area (Å²) < 4.78 is 68.3. The highest BCUT2D eigenvalue weighted by molar-refractivity contribution is 7.47. The Hall–Kier alpha value is -3.76. The number of phosphoric acid groups is 2. The third-order valence-electron chi connectivity index (χ3n) is 15.9. The molecular weight excluding hydrogens is 1260 g/mol. The quantitative estimate of drug-likeness (QED) is 0.0169. The molecule has 0 aliphatic rings. The van der Waals surface area contributed by atoms with E-state index in [9.17, 15) is 43.2 Å². The number of hydrogen-bond acceptors (Lipinski definition) is 15. The molecule has 5 unspecified atom stereocenters. The van der Waals surface area contributed by atoms with Gasteiger partial charge in [-0.3, -0.25) is 37.3 Å². The maximum atomic E-state index is 13.1. The van der Waals surface area contributed by atoms with E-state index in [2.05, 4.69) is 101 Å². The van der Waals surface area contributed by atoms with Crippen molar-refractivity contribution in [1.82, 2.24) is 0 Å². The van der Waals surface area contributed by atoms with E-state index in [1.807, 2.05) is 12.2 Å². The second-order valence-corrected chi connectivity index (χ2v) is 28.1. The summed E-state index contributed by atoms with van der Waals surface area (Å²) in [5.74, 6) is -2.24. The molecule has 0 aromatic carbocycles. The first-order valence-corrected chi connectivity index (χ1v) is 40.8. The van der Waals surface area contributed by atoms with Gasteiger partial charge in [-0.2, -0.15) is 0 Å². The van der Waals surface area contributed by atoms with E-state index in [0.29, 0.717) is 32.1 Å². The van der Waals surface area contributed by atoms with Crippen LogP contribution in [0.5, 0.6) is 0 Å². The number of rotatable bonds is 71. The monoisotopic (exact) mass is 1390 g/mol. The van der Waals surface area contributed by atoms with E-state index in [-0.39, 0.29) is 25.7 Å². The van der Waals surface area contributed by atoms with Crippen LogP contribution in [-0.2, 0) is 65.4 Å². The molecule has 5 atom stereocenters. The van der Waals surface area contributed by atoms with Gasteiger partial charge in [-0.1, -0.05) is 293 Å². The molecule has 0 heterocycles. The Morgan fingerprint density at radius 2 is 0.573 bits per heavy atom. The van der Waals surface area contributed by atoms with Crippen LogP contribution in [-0.4, -0.2) is 96.7 Å². The maximum absolute atomic E-state index is 13.1. The van der Waals surface area contributed by atoms with Gasteiger partial charge < -0.3 is 33.8 Å². The third-order valence-corrected chi connectivity index (χ3v) is 17.8. The Morgan fingerprint density at radius 3 is 0.917 bits per heavy atom. The molecule has 17 nitrogen and oxygen atoms in total. The molecule has 0 saturated carbocycles. The fourth-order valence-electron chi connectivity index (χ4n) is 10.1. The third kappa shape index (κ3) is 68.8. The number of aliphatic hydroxyl groups excluding tert-OH is 1. The zero-order valence-electron chi connectivity index (χ0n) is 60.5. The van der Waals surface area contributed by atoms with Crippen LogP contribution in [0.3, 0.4) is 0 Å². The predicted molar refractivity (Wildman–Crippen MR) is 390 cm³/mol. The minimum Gasteiger partial charge on any atom is -0.462 e. The van der Waals surface area contributed by atoms with E-state index in [1.165, 1.54) is 109 Å². The van der Waals surface area contributed by atoms with Gasteiger partial charge in [0.05, 0.1) is 26.4 Å². The molecule has 0 fully saturated rings. The second kappa shape index (κ2) is 69.7. The maximum Gasteiger partial charge on any atom is 0.472 e. The number of carbonyl (C=O) groups excluding carboxylic acids is 4. The fraction of sp³-hybridized carbons (Fsp3) is 0.766. The normalized spacial score (nSPS) is 14.4. The van der Waals surface area contributed by atoms with Crippen molar-refractivity contribution in [3.8, 4) is 0 Å². The standard InChI is InChI=1S/C77H136O17P2/c1-5-9-13-17-21-25-29-32-34-35-37-40-43-46-50-54-58-62-75(80)87-67-72(93-76(81)63-59-55-51-47-41-28-24-20-16-12-8-4)69-91-95(83,84)89-65-71(78)66-90-96(85,86)92-70-73(94-77(82)64-60-56-52-48-44-38-31-27-23-19-15-11-7-3)68-88-74(79)61-57-53-49-45-42-39-36-33-30-26-22-18-14-10-6-2/h9,13,15,19,21,25,27,31-32,34,37,40,46,50,71-73,78H,5-8,10-12,14,16-18,20,22-24,26,28-30,33,35-36,38-39,41-45,47-49,51-70H2,1-4H3,(H,83,84)(H,85,86)/b13-9-,19-15-,25-21-,31-27-,34-32-,40-37-,50-46-. The lowest BCUT2D eigenvalue weighted by molar-refractivity contribution is -0.161. The number of ether oxygens (including phenoxy) is 4. The zero-order chi connectivity index (χ0) is 70.4. The van der Waals surface area contributed by atoms with Gasteiger partial charge in [-0.05, 0) is 89.9 Å². The lowest BCUT2D eigenvalue weighted by Crippen LogP contribution is -2.30. The Bertz CT molecular complexity index is 2160. The summed E-state index contributed by atoms with van der Waals surface area (Å²) in [5, 5.41) is 10.6. The molecule has 0 spiro atoms. The van der Waals surface area contributed by atoms with Crippen molar-refractivity contribution in [3.05, 3.63) is 85.1 Å². The summed E-state index contributed by atoms with van der Waals surface area (Å²) in [6.07, 6.45) is 70.2. The lowest BCUT2D eigenvalue weighted by atomic mass is 10.0. The number of carbonyl (C=O) groups is 4. The van der Waals surface area contributed by atoms with Gasteiger partial charge in [0.1, 0.15) is 19.3 Å². The van der Waals surface area contributed by atoms with Gasteiger partial charge in [-0.15, -0.1) is 0 Å². The van der Waals surface area contributed by atoms with Gasteiger partial charge in [0, 0.05) is 25.7 Å². The minimum absolute atomic E-state index is 0.0810. The van der Waals surface area contributed by atoms with E-state index in [0.717, 1.165) is 128 Å². The highest BCUT2D eigenvalue weighted by Crippen LogP contribution is 2.45. The Morgan fingerprint density at radius 1 is 0.302 bits per heavy atom. The van der Waals surface area contributed by atoms with Crippen molar-refractivity contribution in [1.29, 1.82) is 0 Å². The molecule has 3 N–H and O–H groups in total. The molecule has 0 aliphatic carbocycles. The van der Waals surface area contributed by atoms with Crippen LogP contribution >= 0.6 is 15.6 Å². The molecular formula is C77H136O17P2. The van der Waals surface area contributed by atoms with E-state index >= 15 is 0 Å². The summed E-state index contributed by atoms with van der Waals surface area (Å²) in [4.78, 5) is 72.7. The predicted octanol–water partition coefficient (Wildman–Crippen LogP) is 21.4. The largest absolute Gasteiger partial charge is 0.472 e. The van der Waals surface area contributed by atoms with Gasteiger partial charge in [0.15, 0.2) is 12.2 Å². The fourth-order valence-corrected chi connectivity index (χ4v) is 11.7. The number of allylic oxidation sites excluding steroid dienone is 14. The summed E-state index contributed by atoms with van der Waals surface area (Å²) >= 11 is 0. The van der Waals surface area contributed by atoms with Crippen LogP contribution in [0, 0.1) is 0 Å². The molecule has 0 saturated heterocycles. The summed E-state index contributed by atoms with van der Waals surface area (Å²) in [5.41, 5.74) is 0. The van der Waals surface area contributed by atoms with Crippen LogP contribution in [0.1, 0.15) is 323 Å². The van der Waals surface area contributed by atoms with Crippen LogP contribution in [0.2, 0.25) is 0 Å². The summed E-state index contributed by atoms with van der Waals surface area (Å²) in [7, 11) is -9.95. The Balaban J connectivity index is 5.34. The van der Waals surface area contributed by atoms with Crippen molar-refractivity contribution in [2.24, 2.45) is 0 Å². The van der Waals surface area contributed by atoms with Gasteiger partial charge in [0.2, 0.25) is 0 Å². The molecule has 0 amide bonds. The van der Waals surface area contributed by atoms with Crippen LogP contribution in [0.4, 0.5) is 0 Å². The molecule has 0 bridgehead atoms. The van der Waals surface area contributed by atoms with E-state index < -0.39 is 97.5 Å². The van der Waals surface area contributed by atoms with E-state index in [1.54, 1.807) is 0 Å². The molecule has 0 aromatic heterocycles. The first kappa shape index (κ1) is 92.2. The number of hydrogen-bond donors (Lipinski definition) is 3. The number of esters is 4. The number of aliphatic hydroxyl groups is 1. The van der Waals surface area contributed by atoms with Crippen molar-refractivity contribution in [2.45, 2.75) is 341 Å². The minimum atomic E-state index is -4.98. The van der Waals surface area contributed by atoms with Crippen LogP contribution < -0.4 is 0 Å². The van der Waals surface area contributed by atoms with Crippen molar-refractivity contribution in [3.63, 3.8) is 0 Å². The molecule has 0 aliphatic heterocycles. The number of phosphoric ester groups is 2. The SMILES string of the molecule is CC/C=C\C/C=C\C/C=C\C/C=C\C/C=C\CCCC(=O)OCC(COP(=O)(O)OCC(O)COP(=O)(O)OCC(COC(=O)CCCCCCCCCCCCCCCCC)OC(=O)CCCCCCC/C=C\C/C=C\CCC)OC(=O)CCCCCCCCCCCCC. The van der Waals surface area contributed by atoms with Crippen molar-refractivity contribution in [2.75, 3.05) is 39.6 Å². The zero-order valence-corrected chi connectivity index (χ0v) is 62.3. The van der Waals surface area contributed by atoms with Crippen molar-refractivity contribution >= 4 is 39.5 Å². The average molecular weight is 1400 g/mol. The molecule has 0 aromatic rings. The highest BCUT2D eigenvalue weighted by atomic mass is 31.2. The topological polar surface area (TPSA) is 237 Å². The van der Waals surface area contributed by atoms with Crippen LogP contribution in [0.25, 0.3) is 0 Å². The van der Waals surface area contributed by atoms with Crippen LogP contribution in [0.15, 0.2) is 85.1 Å². The van der Waals surface area contributed by atoms with E-state index in [4.69, 9.17) is 37.0 Å². The number of unbranched alkanes of at least 4 members (excludes halogenated alkanes) is 31. The highest BCUT2D eigenvalue weighted by Gasteiger charge is 2.30. The van der Waals surface area contributed by atoms with Crippen molar-refractivity contribution < 1.29 is 80.2 Å². The molecule has 556 valence electrons. The van der Waals surface area contributed by atoms with Gasteiger partial charge >= 0.3 is 39.5 Å². The first-order chi connectivity index (χ1) is 46.7. The molecule has 19 heteroatoms. The summed E-state index contributed by atoms with van der Waals surface area (Å²) in [6, 6.07) is 0.